The Labute approximate surface area is 75.2 Å². The SMILES string of the molecule is OCC/C=C/C(F)(F)C(F)(F)Br. The van der Waals surface area contributed by atoms with Crippen LogP contribution in [0.4, 0.5) is 17.6 Å². The molecule has 12 heavy (non-hydrogen) atoms. The second-order valence-electron chi connectivity index (χ2n) is 2.04. The van der Waals surface area contributed by atoms with Gasteiger partial charge in [0, 0.05) is 6.61 Å². The molecule has 1 N–H and O–H groups in total. The van der Waals surface area contributed by atoms with Crippen molar-refractivity contribution >= 4 is 15.9 Å². The van der Waals surface area contributed by atoms with Crippen molar-refractivity contribution in [2.75, 3.05) is 6.61 Å². The standard InChI is InChI=1S/C6H7BrF4O/c7-6(10,11)5(8,9)3-1-2-4-12/h1,3,12H,2,4H2/b3-1+. The molecule has 72 valence electrons. The van der Waals surface area contributed by atoms with Gasteiger partial charge in [-0.1, -0.05) is 6.08 Å². The topological polar surface area (TPSA) is 20.2 Å². The molecule has 6 heteroatoms. The quantitative estimate of drug-likeness (QED) is 0.462. The molecular formula is C6H7BrF4O. The summed E-state index contributed by atoms with van der Waals surface area (Å²) >= 11 is 1.56. The van der Waals surface area contributed by atoms with Crippen LogP contribution >= 0.6 is 15.9 Å². The van der Waals surface area contributed by atoms with Gasteiger partial charge in [0.05, 0.1) is 0 Å². The first-order valence-electron chi connectivity index (χ1n) is 3.04. The lowest BCUT2D eigenvalue weighted by molar-refractivity contribution is -0.111. The molecule has 0 aliphatic heterocycles. The molecule has 0 spiro atoms. The molecule has 0 aliphatic rings. The van der Waals surface area contributed by atoms with Crippen molar-refractivity contribution < 1.29 is 22.7 Å². The molecule has 0 aromatic heterocycles. The van der Waals surface area contributed by atoms with Crippen molar-refractivity contribution in [3.63, 3.8) is 0 Å². The lowest BCUT2D eigenvalue weighted by atomic mass is 10.3. The van der Waals surface area contributed by atoms with Crippen LogP contribution in [0.2, 0.25) is 0 Å². The van der Waals surface area contributed by atoms with E-state index in [0.29, 0.717) is 0 Å². The molecule has 1 nitrogen and oxygen atoms in total. The van der Waals surface area contributed by atoms with Gasteiger partial charge in [-0.3, -0.25) is 0 Å². The minimum absolute atomic E-state index is 0.0674. The second kappa shape index (κ2) is 4.23. The van der Waals surface area contributed by atoms with Gasteiger partial charge < -0.3 is 5.11 Å². The van der Waals surface area contributed by atoms with Crippen molar-refractivity contribution in [2.45, 2.75) is 17.2 Å². The van der Waals surface area contributed by atoms with E-state index in [9.17, 15) is 17.6 Å². The van der Waals surface area contributed by atoms with Crippen LogP contribution in [-0.2, 0) is 0 Å². The van der Waals surface area contributed by atoms with Crippen LogP contribution in [0, 0.1) is 0 Å². The van der Waals surface area contributed by atoms with Gasteiger partial charge in [0.1, 0.15) is 0 Å². The van der Waals surface area contributed by atoms with Gasteiger partial charge in [0.25, 0.3) is 0 Å². The summed E-state index contributed by atoms with van der Waals surface area (Å²) in [7, 11) is 0. The molecule has 0 bridgehead atoms. The summed E-state index contributed by atoms with van der Waals surface area (Å²) in [6, 6.07) is 0. The van der Waals surface area contributed by atoms with E-state index in [4.69, 9.17) is 5.11 Å². The zero-order valence-electron chi connectivity index (χ0n) is 5.91. The highest BCUT2D eigenvalue weighted by atomic mass is 79.9. The van der Waals surface area contributed by atoms with Crippen LogP contribution in [-0.4, -0.2) is 22.5 Å². The van der Waals surface area contributed by atoms with Gasteiger partial charge in [-0.25, -0.2) is 0 Å². The van der Waals surface area contributed by atoms with Crippen molar-refractivity contribution in [2.24, 2.45) is 0 Å². The van der Waals surface area contributed by atoms with E-state index in [1.165, 1.54) is 0 Å². The lowest BCUT2D eigenvalue weighted by Crippen LogP contribution is -2.32. The van der Waals surface area contributed by atoms with Crippen LogP contribution < -0.4 is 0 Å². The Kier molecular flexibility index (Phi) is 4.19. The maximum Gasteiger partial charge on any atom is 0.367 e. The summed E-state index contributed by atoms with van der Waals surface area (Å²) in [5, 5.41) is 8.17. The number of allylic oxidation sites excluding steroid dienone is 1. The third-order valence-corrected chi connectivity index (χ3v) is 1.53. The molecule has 0 saturated carbocycles. The average molecular weight is 251 g/mol. The highest BCUT2D eigenvalue weighted by Crippen LogP contribution is 2.40. The molecule has 0 aromatic rings. The van der Waals surface area contributed by atoms with Gasteiger partial charge >= 0.3 is 10.8 Å². The summed E-state index contributed by atoms with van der Waals surface area (Å²) in [5.74, 6) is -4.22. The summed E-state index contributed by atoms with van der Waals surface area (Å²) in [6.07, 6.45) is 0.797. The normalized spacial score (nSPS) is 14.2. The maximum absolute atomic E-state index is 12.3. The second-order valence-corrected chi connectivity index (χ2v) is 3.03. The molecule has 0 unspecified atom stereocenters. The zero-order chi connectivity index (χ0) is 9.83. The molecule has 0 amide bonds. The predicted octanol–water partition coefficient (Wildman–Crippen LogP) is 2.55. The van der Waals surface area contributed by atoms with Gasteiger partial charge in [-0.2, -0.15) is 17.6 Å². The van der Waals surface area contributed by atoms with E-state index in [0.717, 1.165) is 6.08 Å². The van der Waals surface area contributed by atoms with E-state index in [1.54, 1.807) is 15.9 Å². The molecule has 0 atom stereocenters. The van der Waals surface area contributed by atoms with Crippen LogP contribution in [0.1, 0.15) is 6.42 Å². The minimum atomic E-state index is -4.24. The first-order valence-corrected chi connectivity index (χ1v) is 3.83. The van der Waals surface area contributed by atoms with Crippen LogP contribution in [0.3, 0.4) is 0 Å². The third kappa shape index (κ3) is 3.53. The minimum Gasteiger partial charge on any atom is -0.396 e. The summed E-state index contributed by atoms with van der Waals surface area (Å²) < 4.78 is 48.5. The molecule has 0 fully saturated rings. The first kappa shape index (κ1) is 11.9. The Morgan fingerprint density at radius 2 is 1.75 bits per heavy atom. The summed E-state index contributed by atoms with van der Waals surface area (Å²) in [5.41, 5.74) is 0. The van der Waals surface area contributed by atoms with Crippen molar-refractivity contribution in [1.82, 2.24) is 0 Å². The van der Waals surface area contributed by atoms with E-state index >= 15 is 0 Å². The smallest absolute Gasteiger partial charge is 0.367 e. The van der Waals surface area contributed by atoms with Gasteiger partial charge in [0.2, 0.25) is 0 Å². The fourth-order valence-corrected chi connectivity index (χ4v) is 0.533. The van der Waals surface area contributed by atoms with E-state index in [-0.39, 0.29) is 19.1 Å². The Balaban J connectivity index is 4.22. The third-order valence-electron chi connectivity index (χ3n) is 1.00. The van der Waals surface area contributed by atoms with Crippen LogP contribution in [0.25, 0.3) is 0 Å². The van der Waals surface area contributed by atoms with Gasteiger partial charge in [-0.15, -0.1) is 0 Å². The van der Waals surface area contributed by atoms with Crippen molar-refractivity contribution in [3.8, 4) is 0 Å². The molecule has 0 aliphatic carbocycles. The Morgan fingerprint density at radius 3 is 2.08 bits per heavy atom. The summed E-state index contributed by atoms with van der Waals surface area (Å²) in [4.78, 5) is -4.24. The maximum atomic E-state index is 12.3. The zero-order valence-corrected chi connectivity index (χ0v) is 7.49. The monoisotopic (exact) mass is 250 g/mol. The van der Waals surface area contributed by atoms with E-state index in [2.05, 4.69) is 0 Å². The molecule has 0 rings (SSSR count). The molecule has 0 heterocycles. The van der Waals surface area contributed by atoms with Crippen molar-refractivity contribution in [3.05, 3.63) is 12.2 Å². The molecular weight excluding hydrogens is 244 g/mol. The van der Waals surface area contributed by atoms with Crippen LogP contribution in [0.15, 0.2) is 12.2 Å². The highest BCUT2D eigenvalue weighted by Gasteiger charge is 2.51. The number of aliphatic hydroxyl groups excluding tert-OH is 1. The van der Waals surface area contributed by atoms with Gasteiger partial charge in [-0.05, 0) is 28.4 Å². The molecule has 0 saturated heterocycles. The molecule has 0 radical (unpaired) electrons. The average Bonchev–Trinajstić information content (AvgIpc) is 1.85. The fourth-order valence-electron chi connectivity index (χ4n) is 0.400. The molecule has 0 aromatic carbocycles. The van der Waals surface area contributed by atoms with Crippen molar-refractivity contribution in [1.29, 1.82) is 0 Å². The number of aliphatic hydroxyl groups is 1. The number of halogens is 5. The highest BCUT2D eigenvalue weighted by molar-refractivity contribution is 9.10. The number of rotatable bonds is 4. The number of hydrogen-bond acceptors (Lipinski definition) is 1. The Morgan fingerprint density at radius 1 is 1.25 bits per heavy atom. The van der Waals surface area contributed by atoms with Crippen LogP contribution in [0.5, 0.6) is 0 Å². The fraction of sp³-hybridized carbons (Fsp3) is 0.667. The van der Waals surface area contributed by atoms with E-state index in [1.807, 2.05) is 0 Å². The predicted molar refractivity (Wildman–Crippen MR) is 39.7 cm³/mol. The summed E-state index contributed by atoms with van der Waals surface area (Å²) in [6.45, 7) is -0.347. The Hall–Kier alpha value is -0.100. The number of hydrogen-bond donors (Lipinski definition) is 1. The van der Waals surface area contributed by atoms with Gasteiger partial charge in [0.15, 0.2) is 0 Å². The van der Waals surface area contributed by atoms with E-state index < -0.39 is 10.8 Å². The number of alkyl halides is 5. The Bertz CT molecular complexity index is 163. The largest absolute Gasteiger partial charge is 0.396 e. The lowest BCUT2D eigenvalue weighted by Gasteiger charge is -2.17. The first-order chi connectivity index (χ1) is 5.31.